The molecule has 0 aromatic heterocycles. The molecule has 0 bridgehead atoms. The Morgan fingerprint density at radius 2 is 1.76 bits per heavy atom. The Hall–Kier alpha value is -3.08. The summed E-state index contributed by atoms with van der Waals surface area (Å²) in [6.07, 6.45) is 3.85. The van der Waals surface area contributed by atoms with Crippen molar-refractivity contribution in [1.82, 2.24) is 5.32 Å². The molecule has 0 spiro atoms. The van der Waals surface area contributed by atoms with Crippen LogP contribution in [0.15, 0.2) is 54.6 Å². The van der Waals surface area contributed by atoms with Crippen LogP contribution in [0.4, 0.5) is 0 Å². The summed E-state index contributed by atoms with van der Waals surface area (Å²) in [5.41, 5.74) is 2.35. The van der Waals surface area contributed by atoms with Crippen molar-refractivity contribution in [3.05, 3.63) is 71.3 Å². The number of methoxy groups -OCH3 is 2. The van der Waals surface area contributed by atoms with Crippen molar-refractivity contribution in [2.45, 2.75) is 6.42 Å². The molecule has 1 N–H and O–H groups in total. The molecular formula is C20H21NO4. The fraction of sp³-hybridized carbons (Fsp3) is 0.200. The van der Waals surface area contributed by atoms with E-state index in [1.54, 1.807) is 37.5 Å². The summed E-state index contributed by atoms with van der Waals surface area (Å²) < 4.78 is 9.92. The minimum Gasteiger partial charge on any atom is -0.496 e. The molecule has 130 valence electrons. The zero-order valence-corrected chi connectivity index (χ0v) is 14.3. The highest BCUT2D eigenvalue weighted by atomic mass is 16.5. The van der Waals surface area contributed by atoms with Gasteiger partial charge in [0.2, 0.25) is 5.91 Å². The van der Waals surface area contributed by atoms with Gasteiger partial charge in [0.25, 0.3) is 0 Å². The molecule has 0 aliphatic heterocycles. The standard InChI is InChI=1S/C20H21NO4/c1-24-18-6-4-3-5-16(18)13-14-21-19(22)12-9-15-7-10-17(11-8-15)20(23)25-2/h3-12H,13-14H2,1-2H3,(H,21,22)/b12-9+. The van der Waals surface area contributed by atoms with Crippen molar-refractivity contribution in [2.24, 2.45) is 0 Å². The van der Waals surface area contributed by atoms with E-state index < -0.39 is 0 Å². The van der Waals surface area contributed by atoms with E-state index in [4.69, 9.17) is 4.74 Å². The lowest BCUT2D eigenvalue weighted by molar-refractivity contribution is -0.116. The first-order valence-corrected chi connectivity index (χ1v) is 7.90. The van der Waals surface area contributed by atoms with Crippen LogP contribution in [0.2, 0.25) is 0 Å². The monoisotopic (exact) mass is 339 g/mol. The lowest BCUT2D eigenvalue weighted by Gasteiger charge is -2.08. The lowest BCUT2D eigenvalue weighted by atomic mass is 10.1. The second-order valence-corrected chi connectivity index (χ2v) is 5.30. The van der Waals surface area contributed by atoms with Gasteiger partial charge in [0, 0.05) is 12.6 Å². The van der Waals surface area contributed by atoms with Crippen LogP contribution < -0.4 is 10.1 Å². The average molecular weight is 339 g/mol. The molecule has 0 heterocycles. The number of esters is 1. The zero-order valence-electron chi connectivity index (χ0n) is 14.3. The van der Waals surface area contributed by atoms with E-state index >= 15 is 0 Å². The molecule has 0 radical (unpaired) electrons. The normalized spacial score (nSPS) is 10.5. The van der Waals surface area contributed by atoms with Gasteiger partial charge < -0.3 is 14.8 Å². The number of para-hydroxylation sites is 1. The van der Waals surface area contributed by atoms with Gasteiger partial charge in [-0.2, -0.15) is 0 Å². The number of hydrogen-bond acceptors (Lipinski definition) is 4. The molecule has 0 fully saturated rings. The summed E-state index contributed by atoms with van der Waals surface area (Å²) >= 11 is 0. The van der Waals surface area contributed by atoms with E-state index in [0.29, 0.717) is 18.5 Å². The van der Waals surface area contributed by atoms with Crippen molar-refractivity contribution >= 4 is 18.0 Å². The largest absolute Gasteiger partial charge is 0.496 e. The molecule has 2 aromatic rings. The van der Waals surface area contributed by atoms with Crippen LogP contribution in [-0.2, 0) is 16.0 Å². The molecule has 0 aliphatic rings. The number of ether oxygens (including phenoxy) is 2. The Balaban J connectivity index is 1.83. The van der Waals surface area contributed by atoms with E-state index in [9.17, 15) is 9.59 Å². The lowest BCUT2D eigenvalue weighted by Crippen LogP contribution is -2.23. The first kappa shape index (κ1) is 18.3. The minimum absolute atomic E-state index is 0.174. The van der Waals surface area contributed by atoms with Crippen LogP contribution >= 0.6 is 0 Å². The van der Waals surface area contributed by atoms with Crippen molar-refractivity contribution in [3.8, 4) is 5.75 Å². The molecule has 5 nitrogen and oxygen atoms in total. The van der Waals surface area contributed by atoms with E-state index in [1.807, 2.05) is 24.3 Å². The third-order valence-electron chi connectivity index (χ3n) is 3.65. The summed E-state index contributed by atoms with van der Waals surface area (Å²) in [5.74, 6) is 0.259. The van der Waals surface area contributed by atoms with Crippen molar-refractivity contribution in [2.75, 3.05) is 20.8 Å². The number of rotatable bonds is 7. The van der Waals surface area contributed by atoms with Gasteiger partial charge in [-0.3, -0.25) is 4.79 Å². The van der Waals surface area contributed by atoms with Gasteiger partial charge in [0.05, 0.1) is 19.8 Å². The summed E-state index contributed by atoms with van der Waals surface area (Å²) in [4.78, 5) is 23.2. The number of carbonyl (C=O) groups is 2. The minimum atomic E-state index is -0.385. The predicted molar refractivity (Wildman–Crippen MR) is 96.5 cm³/mol. The fourth-order valence-electron chi connectivity index (χ4n) is 2.31. The van der Waals surface area contributed by atoms with Crippen LogP contribution in [0.1, 0.15) is 21.5 Å². The number of amides is 1. The topological polar surface area (TPSA) is 64.6 Å². The van der Waals surface area contributed by atoms with Crippen LogP contribution in [0.3, 0.4) is 0 Å². The van der Waals surface area contributed by atoms with E-state index in [1.165, 1.54) is 13.2 Å². The Bertz CT molecular complexity index is 751. The highest BCUT2D eigenvalue weighted by Gasteiger charge is 2.04. The molecule has 2 rings (SSSR count). The Kier molecular flexibility index (Phi) is 6.77. The maximum Gasteiger partial charge on any atom is 0.337 e. The van der Waals surface area contributed by atoms with Crippen LogP contribution in [0.5, 0.6) is 5.75 Å². The third kappa shape index (κ3) is 5.49. The second kappa shape index (κ2) is 9.27. The van der Waals surface area contributed by atoms with Gasteiger partial charge >= 0.3 is 5.97 Å². The van der Waals surface area contributed by atoms with Gasteiger partial charge in [-0.15, -0.1) is 0 Å². The maximum absolute atomic E-state index is 11.9. The molecule has 0 unspecified atom stereocenters. The molecule has 0 saturated heterocycles. The molecule has 1 amide bonds. The van der Waals surface area contributed by atoms with Gasteiger partial charge in [0.15, 0.2) is 0 Å². The van der Waals surface area contributed by atoms with E-state index in [-0.39, 0.29) is 11.9 Å². The zero-order chi connectivity index (χ0) is 18.1. The summed E-state index contributed by atoms with van der Waals surface area (Å²) in [6.45, 7) is 0.519. The van der Waals surface area contributed by atoms with E-state index in [2.05, 4.69) is 10.1 Å². The molecule has 0 aliphatic carbocycles. The van der Waals surface area contributed by atoms with Gasteiger partial charge in [0.1, 0.15) is 5.75 Å². The summed E-state index contributed by atoms with van der Waals surface area (Å²) in [7, 11) is 2.97. The average Bonchev–Trinajstić information content (AvgIpc) is 2.66. The van der Waals surface area contributed by atoms with Crippen molar-refractivity contribution in [3.63, 3.8) is 0 Å². The highest BCUT2D eigenvalue weighted by Crippen LogP contribution is 2.17. The number of carbonyl (C=O) groups excluding carboxylic acids is 2. The molecular weight excluding hydrogens is 318 g/mol. The Labute approximate surface area is 147 Å². The van der Waals surface area contributed by atoms with Crippen LogP contribution in [0.25, 0.3) is 6.08 Å². The van der Waals surface area contributed by atoms with Gasteiger partial charge in [-0.1, -0.05) is 30.3 Å². The van der Waals surface area contributed by atoms with Crippen LogP contribution in [-0.4, -0.2) is 32.6 Å². The summed E-state index contributed by atoms with van der Waals surface area (Å²) in [6, 6.07) is 14.6. The Morgan fingerprint density at radius 1 is 1.04 bits per heavy atom. The van der Waals surface area contributed by atoms with Gasteiger partial charge in [-0.25, -0.2) is 4.79 Å². The molecule has 2 aromatic carbocycles. The van der Waals surface area contributed by atoms with Crippen molar-refractivity contribution in [1.29, 1.82) is 0 Å². The van der Waals surface area contributed by atoms with E-state index in [0.717, 1.165) is 16.9 Å². The maximum atomic E-state index is 11.9. The Morgan fingerprint density at radius 3 is 2.44 bits per heavy atom. The number of benzene rings is 2. The van der Waals surface area contributed by atoms with Crippen LogP contribution in [0, 0.1) is 0 Å². The molecule has 0 atom stereocenters. The first-order chi connectivity index (χ1) is 12.1. The smallest absolute Gasteiger partial charge is 0.337 e. The summed E-state index contributed by atoms with van der Waals surface area (Å²) in [5, 5.41) is 2.84. The fourth-order valence-corrected chi connectivity index (χ4v) is 2.31. The number of nitrogens with one attached hydrogen (secondary N) is 1. The number of hydrogen-bond donors (Lipinski definition) is 1. The molecule has 0 saturated carbocycles. The van der Waals surface area contributed by atoms with Gasteiger partial charge in [-0.05, 0) is 41.8 Å². The highest BCUT2D eigenvalue weighted by molar-refractivity contribution is 5.92. The third-order valence-corrected chi connectivity index (χ3v) is 3.65. The first-order valence-electron chi connectivity index (χ1n) is 7.90. The SMILES string of the molecule is COC(=O)c1ccc(/C=C/C(=O)NCCc2ccccc2OC)cc1. The quantitative estimate of drug-likeness (QED) is 0.622. The molecule has 25 heavy (non-hydrogen) atoms. The van der Waals surface area contributed by atoms with Crippen molar-refractivity contribution < 1.29 is 19.1 Å². The molecule has 5 heteroatoms. The predicted octanol–water partition coefficient (Wildman–Crippen LogP) is 2.85. The second-order valence-electron chi connectivity index (χ2n) is 5.30.